The summed E-state index contributed by atoms with van der Waals surface area (Å²) in [6, 6.07) is 10.00. The van der Waals surface area contributed by atoms with Crippen LogP contribution in [-0.2, 0) is 11.2 Å². The second-order valence-electron chi connectivity index (χ2n) is 4.06. The fourth-order valence-electron chi connectivity index (χ4n) is 1.41. The highest BCUT2D eigenvalue weighted by molar-refractivity contribution is 5.77. The lowest BCUT2D eigenvalue weighted by atomic mass is 9.95. The van der Waals surface area contributed by atoms with Crippen LogP contribution in [0.5, 0.6) is 0 Å². The molecule has 1 rings (SSSR count). The average Bonchev–Trinajstić information content (AvgIpc) is 2.19. The summed E-state index contributed by atoms with van der Waals surface area (Å²) < 4.78 is 0. The van der Waals surface area contributed by atoms with Crippen LogP contribution in [0.15, 0.2) is 30.3 Å². The lowest BCUT2D eigenvalue weighted by Crippen LogP contribution is -2.44. The first-order valence-corrected chi connectivity index (χ1v) is 5.08. The lowest BCUT2D eigenvalue weighted by Gasteiger charge is -2.18. The third kappa shape index (κ3) is 3.72. The minimum Gasteiger partial charge on any atom is -0.480 e. The zero-order valence-electron chi connectivity index (χ0n) is 8.94. The molecule has 0 saturated carbocycles. The number of rotatable bonds is 5. The fraction of sp³-hybridized carbons (Fsp3) is 0.417. The van der Waals surface area contributed by atoms with Gasteiger partial charge in [0.05, 0.1) is 0 Å². The van der Waals surface area contributed by atoms with E-state index in [-0.39, 0.29) is 0 Å². The van der Waals surface area contributed by atoms with Gasteiger partial charge in [-0.3, -0.25) is 4.79 Å². The number of benzene rings is 1. The van der Waals surface area contributed by atoms with Crippen LogP contribution in [-0.4, -0.2) is 16.6 Å². The van der Waals surface area contributed by atoms with E-state index in [1.807, 2.05) is 30.3 Å². The van der Waals surface area contributed by atoms with E-state index in [2.05, 4.69) is 0 Å². The van der Waals surface area contributed by atoms with Gasteiger partial charge < -0.3 is 10.8 Å². The molecule has 0 heterocycles. The molecule has 3 N–H and O–H groups in total. The van der Waals surface area contributed by atoms with Crippen molar-refractivity contribution < 1.29 is 9.90 Å². The monoisotopic (exact) mass is 207 g/mol. The molecule has 0 saturated heterocycles. The van der Waals surface area contributed by atoms with Gasteiger partial charge in [0.25, 0.3) is 0 Å². The molecule has 1 aromatic carbocycles. The number of aliphatic carboxylic acids is 1. The molecule has 3 nitrogen and oxygen atoms in total. The molecule has 1 aromatic rings. The average molecular weight is 207 g/mol. The van der Waals surface area contributed by atoms with Gasteiger partial charge in [-0.05, 0) is 31.7 Å². The Kier molecular flexibility index (Phi) is 3.86. The highest BCUT2D eigenvalue weighted by Crippen LogP contribution is 2.12. The van der Waals surface area contributed by atoms with Gasteiger partial charge in [-0.15, -0.1) is 0 Å². The molecular weight excluding hydrogens is 190 g/mol. The SMILES string of the molecule is C[C@@](N)(CCCc1ccccc1)C(=O)O. The zero-order valence-corrected chi connectivity index (χ0v) is 8.94. The van der Waals surface area contributed by atoms with E-state index in [1.165, 1.54) is 5.56 Å². The summed E-state index contributed by atoms with van der Waals surface area (Å²) in [7, 11) is 0. The Morgan fingerprint density at radius 2 is 2.00 bits per heavy atom. The molecule has 0 radical (unpaired) electrons. The van der Waals surface area contributed by atoms with Crippen LogP contribution >= 0.6 is 0 Å². The van der Waals surface area contributed by atoms with E-state index in [4.69, 9.17) is 10.8 Å². The van der Waals surface area contributed by atoms with Crippen molar-refractivity contribution in [2.45, 2.75) is 31.7 Å². The van der Waals surface area contributed by atoms with Gasteiger partial charge in [0.15, 0.2) is 0 Å². The third-order valence-electron chi connectivity index (χ3n) is 2.49. The summed E-state index contributed by atoms with van der Waals surface area (Å²) in [4.78, 5) is 10.7. The van der Waals surface area contributed by atoms with E-state index in [9.17, 15) is 4.79 Å². The first-order chi connectivity index (χ1) is 7.02. The quantitative estimate of drug-likeness (QED) is 0.774. The Bertz CT molecular complexity index is 320. The Morgan fingerprint density at radius 1 is 1.40 bits per heavy atom. The van der Waals surface area contributed by atoms with Crippen LogP contribution < -0.4 is 5.73 Å². The third-order valence-corrected chi connectivity index (χ3v) is 2.49. The van der Waals surface area contributed by atoms with Crippen molar-refractivity contribution in [3.63, 3.8) is 0 Å². The van der Waals surface area contributed by atoms with Crippen LogP contribution in [0.25, 0.3) is 0 Å². The summed E-state index contributed by atoms with van der Waals surface area (Å²) in [6.07, 6.45) is 2.17. The summed E-state index contributed by atoms with van der Waals surface area (Å²) in [5, 5.41) is 8.81. The lowest BCUT2D eigenvalue weighted by molar-refractivity contribution is -0.142. The Labute approximate surface area is 89.9 Å². The molecule has 0 aliphatic carbocycles. The molecule has 0 bridgehead atoms. The molecule has 0 aliphatic rings. The maximum absolute atomic E-state index is 10.7. The summed E-state index contributed by atoms with van der Waals surface area (Å²) in [5.74, 6) is -0.935. The summed E-state index contributed by atoms with van der Waals surface area (Å²) >= 11 is 0. The Balaban J connectivity index is 2.37. The van der Waals surface area contributed by atoms with E-state index in [0.717, 1.165) is 12.8 Å². The molecule has 0 unspecified atom stereocenters. The highest BCUT2D eigenvalue weighted by atomic mass is 16.4. The van der Waals surface area contributed by atoms with Crippen molar-refractivity contribution >= 4 is 5.97 Å². The summed E-state index contributed by atoms with van der Waals surface area (Å²) in [5.41, 5.74) is 5.74. The highest BCUT2D eigenvalue weighted by Gasteiger charge is 2.26. The second-order valence-corrected chi connectivity index (χ2v) is 4.06. The van der Waals surface area contributed by atoms with Gasteiger partial charge in [0, 0.05) is 0 Å². The number of hydrogen-bond donors (Lipinski definition) is 2. The van der Waals surface area contributed by atoms with Crippen molar-refractivity contribution in [3.8, 4) is 0 Å². The predicted octanol–water partition coefficient (Wildman–Crippen LogP) is 1.81. The van der Waals surface area contributed by atoms with Crippen molar-refractivity contribution in [1.29, 1.82) is 0 Å². The number of nitrogens with two attached hydrogens (primary N) is 1. The van der Waals surface area contributed by atoms with Crippen molar-refractivity contribution in [3.05, 3.63) is 35.9 Å². The molecule has 15 heavy (non-hydrogen) atoms. The Morgan fingerprint density at radius 3 is 2.53 bits per heavy atom. The standard InChI is InChI=1S/C12H17NO2/c1-12(13,11(14)15)9-5-8-10-6-3-2-4-7-10/h2-4,6-7H,5,8-9,13H2,1H3,(H,14,15)/t12-/m1/s1. The van der Waals surface area contributed by atoms with Crippen LogP contribution in [0.3, 0.4) is 0 Å². The molecule has 0 fully saturated rings. The molecular formula is C12H17NO2. The van der Waals surface area contributed by atoms with Gasteiger partial charge in [-0.2, -0.15) is 0 Å². The zero-order chi connectivity index (χ0) is 11.3. The van der Waals surface area contributed by atoms with Crippen molar-refractivity contribution in [2.75, 3.05) is 0 Å². The van der Waals surface area contributed by atoms with Crippen LogP contribution in [0.2, 0.25) is 0 Å². The van der Waals surface area contributed by atoms with Gasteiger partial charge in [-0.25, -0.2) is 0 Å². The number of carboxylic acids is 1. The van der Waals surface area contributed by atoms with Crippen LogP contribution in [0.1, 0.15) is 25.3 Å². The number of aryl methyl sites for hydroxylation is 1. The molecule has 0 aromatic heterocycles. The van der Waals surface area contributed by atoms with Crippen molar-refractivity contribution in [1.82, 2.24) is 0 Å². The fourth-order valence-corrected chi connectivity index (χ4v) is 1.41. The molecule has 0 amide bonds. The van der Waals surface area contributed by atoms with E-state index in [0.29, 0.717) is 6.42 Å². The maximum Gasteiger partial charge on any atom is 0.323 e. The van der Waals surface area contributed by atoms with E-state index >= 15 is 0 Å². The minimum atomic E-state index is -1.10. The molecule has 82 valence electrons. The maximum atomic E-state index is 10.7. The van der Waals surface area contributed by atoms with Gasteiger partial charge in [-0.1, -0.05) is 30.3 Å². The molecule has 3 heteroatoms. The topological polar surface area (TPSA) is 63.3 Å². The number of hydrogen-bond acceptors (Lipinski definition) is 2. The number of carboxylic acid groups (broad SMARTS) is 1. The van der Waals surface area contributed by atoms with Crippen molar-refractivity contribution in [2.24, 2.45) is 5.73 Å². The predicted molar refractivity (Wildman–Crippen MR) is 59.6 cm³/mol. The molecule has 1 atom stereocenters. The van der Waals surface area contributed by atoms with E-state index in [1.54, 1.807) is 6.92 Å². The second kappa shape index (κ2) is 4.94. The Hall–Kier alpha value is -1.35. The first-order valence-electron chi connectivity index (χ1n) is 5.08. The van der Waals surface area contributed by atoms with Gasteiger partial charge >= 0.3 is 5.97 Å². The smallest absolute Gasteiger partial charge is 0.323 e. The molecule has 0 aliphatic heterocycles. The first kappa shape index (κ1) is 11.7. The van der Waals surface area contributed by atoms with E-state index < -0.39 is 11.5 Å². The van der Waals surface area contributed by atoms with Crippen LogP contribution in [0, 0.1) is 0 Å². The summed E-state index contributed by atoms with van der Waals surface area (Å²) in [6.45, 7) is 1.56. The van der Waals surface area contributed by atoms with Gasteiger partial charge in [0.2, 0.25) is 0 Å². The van der Waals surface area contributed by atoms with Gasteiger partial charge in [0.1, 0.15) is 5.54 Å². The van der Waals surface area contributed by atoms with Crippen LogP contribution in [0.4, 0.5) is 0 Å². The normalized spacial score (nSPS) is 14.5. The molecule has 0 spiro atoms. The number of carbonyl (C=O) groups is 1. The minimum absolute atomic E-state index is 0.497. The largest absolute Gasteiger partial charge is 0.480 e.